The first-order valence-corrected chi connectivity index (χ1v) is 7.82. The smallest absolute Gasteiger partial charge is 0.226 e. The Morgan fingerprint density at radius 2 is 1.86 bits per heavy atom. The third kappa shape index (κ3) is 4.23. The average Bonchev–Trinajstić information content (AvgIpc) is 2.56. The minimum Gasteiger partial charge on any atom is -0.497 e. The molecule has 1 aromatic carbocycles. The summed E-state index contributed by atoms with van der Waals surface area (Å²) in [6.07, 6.45) is 1.90. The molecule has 1 heterocycles. The third-order valence-corrected chi connectivity index (χ3v) is 4.08. The summed E-state index contributed by atoms with van der Waals surface area (Å²) in [4.78, 5) is 26.0. The van der Waals surface area contributed by atoms with Gasteiger partial charge in [0.05, 0.1) is 13.5 Å². The summed E-state index contributed by atoms with van der Waals surface area (Å²) < 4.78 is 5.11. The summed E-state index contributed by atoms with van der Waals surface area (Å²) in [5.41, 5.74) is 0.983. The van der Waals surface area contributed by atoms with Crippen molar-refractivity contribution in [3.05, 3.63) is 29.8 Å². The number of rotatable bonds is 5. The van der Waals surface area contributed by atoms with E-state index < -0.39 is 0 Å². The zero-order chi connectivity index (χ0) is 15.9. The lowest BCUT2D eigenvalue weighted by Gasteiger charge is -2.31. The average molecular weight is 304 g/mol. The summed E-state index contributed by atoms with van der Waals surface area (Å²) in [7, 11) is 1.62. The van der Waals surface area contributed by atoms with Crippen LogP contribution in [-0.2, 0) is 16.0 Å². The SMILES string of the molecule is CCNC(=O)C1CCN(C(=O)Cc2ccc(OC)cc2)CC1. The van der Waals surface area contributed by atoms with Crippen LogP contribution in [0, 0.1) is 5.92 Å². The van der Waals surface area contributed by atoms with Gasteiger partial charge in [-0.15, -0.1) is 0 Å². The number of nitrogens with zero attached hydrogens (tertiary/aromatic N) is 1. The molecule has 0 bridgehead atoms. The molecule has 1 fully saturated rings. The maximum atomic E-state index is 12.3. The van der Waals surface area contributed by atoms with Crippen LogP contribution in [0.25, 0.3) is 0 Å². The van der Waals surface area contributed by atoms with Gasteiger partial charge in [-0.1, -0.05) is 12.1 Å². The highest BCUT2D eigenvalue weighted by molar-refractivity contribution is 5.81. The highest BCUT2D eigenvalue weighted by Crippen LogP contribution is 2.19. The normalized spacial score (nSPS) is 15.5. The highest BCUT2D eigenvalue weighted by atomic mass is 16.5. The fourth-order valence-corrected chi connectivity index (χ4v) is 2.74. The molecule has 1 saturated heterocycles. The van der Waals surface area contributed by atoms with Crippen LogP contribution in [0.4, 0.5) is 0 Å². The van der Waals surface area contributed by atoms with Gasteiger partial charge in [-0.05, 0) is 37.5 Å². The number of hydrogen-bond acceptors (Lipinski definition) is 3. The molecule has 2 amide bonds. The number of ether oxygens (including phenoxy) is 1. The van der Waals surface area contributed by atoms with Gasteiger partial charge in [0.15, 0.2) is 0 Å². The lowest BCUT2D eigenvalue weighted by Crippen LogP contribution is -2.43. The molecule has 0 aromatic heterocycles. The van der Waals surface area contributed by atoms with Crippen molar-refractivity contribution >= 4 is 11.8 Å². The fourth-order valence-electron chi connectivity index (χ4n) is 2.74. The summed E-state index contributed by atoms with van der Waals surface area (Å²) in [5, 5.41) is 2.86. The topological polar surface area (TPSA) is 58.6 Å². The number of amides is 2. The summed E-state index contributed by atoms with van der Waals surface area (Å²) in [5.74, 6) is 1.08. The minimum atomic E-state index is 0.0463. The fraction of sp³-hybridized carbons (Fsp3) is 0.529. The van der Waals surface area contributed by atoms with Gasteiger partial charge < -0.3 is 15.0 Å². The molecule has 0 spiro atoms. The zero-order valence-corrected chi connectivity index (χ0v) is 13.3. The Morgan fingerprint density at radius 1 is 1.23 bits per heavy atom. The summed E-state index contributed by atoms with van der Waals surface area (Å²) >= 11 is 0. The Balaban J connectivity index is 1.83. The molecule has 0 atom stereocenters. The Morgan fingerprint density at radius 3 is 2.41 bits per heavy atom. The second-order valence-electron chi connectivity index (χ2n) is 5.57. The van der Waals surface area contributed by atoms with Crippen LogP contribution in [0.2, 0.25) is 0 Å². The van der Waals surface area contributed by atoms with E-state index in [9.17, 15) is 9.59 Å². The lowest BCUT2D eigenvalue weighted by molar-refractivity contribution is -0.135. The largest absolute Gasteiger partial charge is 0.497 e. The number of likely N-dealkylation sites (tertiary alicyclic amines) is 1. The quantitative estimate of drug-likeness (QED) is 0.899. The summed E-state index contributed by atoms with van der Waals surface area (Å²) in [6, 6.07) is 7.56. The predicted octanol–water partition coefficient (Wildman–Crippen LogP) is 1.61. The first-order valence-electron chi connectivity index (χ1n) is 7.82. The number of hydrogen-bond donors (Lipinski definition) is 1. The number of carbonyl (C=O) groups is 2. The maximum Gasteiger partial charge on any atom is 0.226 e. The van der Waals surface area contributed by atoms with Gasteiger partial charge in [0, 0.05) is 25.6 Å². The molecule has 5 heteroatoms. The summed E-state index contributed by atoms with van der Waals surface area (Å²) in [6.45, 7) is 3.91. The van der Waals surface area contributed by atoms with E-state index in [0.717, 1.165) is 24.2 Å². The first kappa shape index (κ1) is 16.3. The second-order valence-corrected chi connectivity index (χ2v) is 5.57. The molecule has 0 unspecified atom stereocenters. The lowest BCUT2D eigenvalue weighted by atomic mass is 9.95. The molecular weight excluding hydrogens is 280 g/mol. The highest BCUT2D eigenvalue weighted by Gasteiger charge is 2.26. The molecule has 5 nitrogen and oxygen atoms in total. The molecule has 1 aliphatic rings. The predicted molar refractivity (Wildman–Crippen MR) is 84.7 cm³/mol. The van der Waals surface area contributed by atoms with Gasteiger partial charge >= 0.3 is 0 Å². The molecule has 1 aromatic rings. The van der Waals surface area contributed by atoms with E-state index in [1.165, 1.54) is 0 Å². The van der Waals surface area contributed by atoms with Crippen LogP contribution < -0.4 is 10.1 Å². The van der Waals surface area contributed by atoms with Gasteiger partial charge in [-0.2, -0.15) is 0 Å². The van der Waals surface area contributed by atoms with Crippen molar-refractivity contribution in [1.82, 2.24) is 10.2 Å². The van der Waals surface area contributed by atoms with E-state index in [4.69, 9.17) is 4.74 Å². The molecule has 1 aliphatic heterocycles. The zero-order valence-electron chi connectivity index (χ0n) is 13.3. The number of carbonyl (C=O) groups excluding carboxylic acids is 2. The number of piperidine rings is 1. The van der Waals surface area contributed by atoms with Crippen LogP contribution in [0.5, 0.6) is 5.75 Å². The van der Waals surface area contributed by atoms with Crippen molar-refractivity contribution in [3.63, 3.8) is 0 Å². The van der Waals surface area contributed by atoms with E-state index in [1.807, 2.05) is 36.1 Å². The Kier molecular flexibility index (Phi) is 5.81. The standard InChI is InChI=1S/C17H24N2O3/c1-3-18-17(21)14-8-10-19(11-9-14)16(20)12-13-4-6-15(22-2)7-5-13/h4-7,14H,3,8-12H2,1-2H3,(H,18,21). The molecule has 0 aliphatic carbocycles. The van der Waals surface area contributed by atoms with Crippen molar-refractivity contribution in [3.8, 4) is 5.75 Å². The van der Waals surface area contributed by atoms with Crippen molar-refractivity contribution in [1.29, 1.82) is 0 Å². The van der Waals surface area contributed by atoms with Crippen molar-refractivity contribution in [2.75, 3.05) is 26.7 Å². The van der Waals surface area contributed by atoms with Gasteiger partial charge in [0.25, 0.3) is 0 Å². The monoisotopic (exact) mass is 304 g/mol. The number of methoxy groups -OCH3 is 1. The van der Waals surface area contributed by atoms with E-state index in [1.54, 1.807) is 7.11 Å². The van der Waals surface area contributed by atoms with Crippen LogP contribution >= 0.6 is 0 Å². The van der Waals surface area contributed by atoms with E-state index >= 15 is 0 Å². The van der Waals surface area contributed by atoms with Crippen LogP contribution in [0.15, 0.2) is 24.3 Å². The van der Waals surface area contributed by atoms with Gasteiger partial charge in [-0.3, -0.25) is 9.59 Å². The maximum absolute atomic E-state index is 12.3. The van der Waals surface area contributed by atoms with E-state index in [-0.39, 0.29) is 17.7 Å². The van der Waals surface area contributed by atoms with Crippen LogP contribution in [0.3, 0.4) is 0 Å². The van der Waals surface area contributed by atoms with Gasteiger partial charge in [0.1, 0.15) is 5.75 Å². The van der Waals surface area contributed by atoms with Crippen molar-refractivity contribution in [2.24, 2.45) is 5.92 Å². The van der Waals surface area contributed by atoms with Crippen LogP contribution in [0.1, 0.15) is 25.3 Å². The number of nitrogens with one attached hydrogen (secondary N) is 1. The van der Waals surface area contributed by atoms with Gasteiger partial charge in [-0.25, -0.2) is 0 Å². The Bertz CT molecular complexity index is 505. The number of benzene rings is 1. The van der Waals surface area contributed by atoms with E-state index in [2.05, 4.69) is 5.32 Å². The van der Waals surface area contributed by atoms with Gasteiger partial charge in [0.2, 0.25) is 11.8 Å². The molecule has 120 valence electrons. The second kappa shape index (κ2) is 7.82. The molecular formula is C17H24N2O3. The minimum absolute atomic E-state index is 0.0463. The van der Waals surface area contributed by atoms with E-state index in [0.29, 0.717) is 26.1 Å². The molecule has 0 saturated carbocycles. The van der Waals surface area contributed by atoms with Crippen molar-refractivity contribution < 1.29 is 14.3 Å². The molecule has 22 heavy (non-hydrogen) atoms. The molecule has 2 rings (SSSR count). The van der Waals surface area contributed by atoms with Crippen molar-refractivity contribution in [2.45, 2.75) is 26.2 Å². The van der Waals surface area contributed by atoms with Crippen LogP contribution in [-0.4, -0.2) is 43.5 Å². The first-order chi connectivity index (χ1) is 10.6. The molecule has 1 N–H and O–H groups in total. The third-order valence-electron chi connectivity index (χ3n) is 4.08. The Labute approximate surface area is 131 Å². The molecule has 0 radical (unpaired) electrons. The Hall–Kier alpha value is -2.04.